The van der Waals surface area contributed by atoms with Gasteiger partial charge in [0.15, 0.2) is 0 Å². The van der Waals surface area contributed by atoms with E-state index in [1.54, 1.807) is 18.2 Å². The smallest absolute Gasteiger partial charge is 0.250 e. The second-order valence-electron chi connectivity index (χ2n) is 2.67. The molecule has 14 heavy (non-hydrogen) atoms. The third-order valence-electron chi connectivity index (χ3n) is 1.64. The molecule has 0 heterocycles. The Morgan fingerprint density at radius 2 is 2.36 bits per heavy atom. The Labute approximate surface area is 81.5 Å². The molecule has 1 amide bonds. The van der Waals surface area contributed by atoms with Crippen molar-refractivity contribution >= 4 is 17.3 Å². The molecule has 76 valence electrons. The fourth-order valence-corrected chi connectivity index (χ4v) is 1.01. The predicted octanol–water partition coefficient (Wildman–Crippen LogP) is 0.208. The quantitative estimate of drug-likeness (QED) is 0.603. The summed E-state index contributed by atoms with van der Waals surface area (Å²) in [5.74, 6) is -0.00472. The highest BCUT2D eigenvalue weighted by Crippen LogP contribution is 2.26. The molecule has 0 aromatic heterocycles. The molecule has 0 bridgehead atoms. The van der Waals surface area contributed by atoms with Crippen molar-refractivity contribution < 1.29 is 14.6 Å². The maximum Gasteiger partial charge on any atom is 0.250 e. The maximum absolute atomic E-state index is 10.9. The number of aliphatic hydroxyl groups is 1. The second kappa shape index (κ2) is 4.48. The van der Waals surface area contributed by atoms with Gasteiger partial charge in [-0.15, -0.1) is 0 Å². The molecule has 0 aliphatic heterocycles. The molecule has 0 spiro atoms. The minimum atomic E-state index is -0.571. The van der Waals surface area contributed by atoms with Crippen molar-refractivity contribution in [3.05, 3.63) is 18.2 Å². The van der Waals surface area contributed by atoms with Gasteiger partial charge >= 0.3 is 0 Å². The summed E-state index contributed by atoms with van der Waals surface area (Å²) in [6.45, 7) is -0.571. The molecule has 0 aliphatic rings. The molecule has 0 unspecified atom stereocenters. The van der Waals surface area contributed by atoms with E-state index in [4.69, 9.17) is 15.6 Å². The summed E-state index contributed by atoms with van der Waals surface area (Å²) in [6.07, 6.45) is 0. The summed E-state index contributed by atoms with van der Waals surface area (Å²) in [4.78, 5) is 10.9. The van der Waals surface area contributed by atoms with E-state index in [0.29, 0.717) is 17.1 Å². The van der Waals surface area contributed by atoms with Gasteiger partial charge < -0.3 is 20.9 Å². The first kappa shape index (κ1) is 10.3. The first-order valence-electron chi connectivity index (χ1n) is 4.01. The van der Waals surface area contributed by atoms with Crippen LogP contribution in [0.5, 0.6) is 5.75 Å². The van der Waals surface area contributed by atoms with Crippen LogP contribution in [-0.2, 0) is 4.79 Å². The van der Waals surface area contributed by atoms with Crippen molar-refractivity contribution in [1.29, 1.82) is 0 Å². The molecule has 5 nitrogen and oxygen atoms in total. The topological polar surface area (TPSA) is 84.6 Å². The molecular weight excluding hydrogens is 184 g/mol. The number of carbonyl (C=O) groups excluding carboxylic acids is 1. The molecule has 0 saturated carbocycles. The number of nitrogens with two attached hydrogens (primary N) is 1. The number of benzene rings is 1. The fourth-order valence-electron chi connectivity index (χ4n) is 1.01. The van der Waals surface area contributed by atoms with Crippen LogP contribution in [0.25, 0.3) is 0 Å². The number of hydrogen-bond donors (Lipinski definition) is 3. The predicted molar refractivity (Wildman–Crippen MR) is 53.1 cm³/mol. The fraction of sp³-hybridized carbons (Fsp3) is 0.222. The highest BCUT2D eigenvalue weighted by atomic mass is 16.5. The normalized spacial score (nSPS) is 9.57. The Bertz CT molecular complexity index is 339. The van der Waals surface area contributed by atoms with Crippen LogP contribution < -0.4 is 15.8 Å². The number of rotatable bonds is 3. The van der Waals surface area contributed by atoms with Gasteiger partial charge in [-0.1, -0.05) is 0 Å². The largest absolute Gasteiger partial charge is 0.495 e. The molecular formula is C9H12N2O3. The summed E-state index contributed by atoms with van der Waals surface area (Å²) in [6, 6.07) is 4.86. The van der Waals surface area contributed by atoms with E-state index < -0.39 is 12.5 Å². The summed E-state index contributed by atoms with van der Waals surface area (Å²) >= 11 is 0. The Balaban J connectivity index is 2.93. The van der Waals surface area contributed by atoms with Crippen molar-refractivity contribution in [2.45, 2.75) is 0 Å². The highest BCUT2D eigenvalue weighted by Gasteiger charge is 2.06. The number of aliphatic hydroxyl groups excluding tert-OH is 1. The van der Waals surface area contributed by atoms with Gasteiger partial charge in [0.2, 0.25) is 5.91 Å². The Morgan fingerprint density at radius 3 is 2.93 bits per heavy atom. The Morgan fingerprint density at radius 1 is 1.64 bits per heavy atom. The summed E-state index contributed by atoms with van der Waals surface area (Å²) in [5.41, 5.74) is 6.49. The number of nitrogens with one attached hydrogen (secondary N) is 1. The van der Waals surface area contributed by atoms with Gasteiger partial charge in [-0.3, -0.25) is 4.79 Å². The number of hydrogen-bond acceptors (Lipinski definition) is 4. The first-order chi connectivity index (χ1) is 6.67. The monoisotopic (exact) mass is 196 g/mol. The third kappa shape index (κ3) is 2.37. The van der Waals surface area contributed by atoms with Crippen LogP contribution in [0, 0.1) is 0 Å². The lowest BCUT2D eigenvalue weighted by Crippen LogP contribution is -2.16. The molecule has 0 radical (unpaired) electrons. The van der Waals surface area contributed by atoms with Gasteiger partial charge in [0.05, 0.1) is 12.8 Å². The highest BCUT2D eigenvalue weighted by molar-refractivity contribution is 5.93. The van der Waals surface area contributed by atoms with Gasteiger partial charge in [0.1, 0.15) is 12.4 Å². The van der Waals surface area contributed by atoms with Crippen molar-refractivity contribution in [3.8, 4) is 5.75 Å². The van der Waals surface area contributed by atoms with Crippen LogP contribution in [0.4, 0.5) is 11.4 Å². The molecule has 4 N–H and O–H groups in total. The Kier molecular flexibility index (Phi) is 3.30. The molecule has 1 aromatic carbocycles. The molecule has 0 atom stereocenters. The molecule has 0 aliphatic carbocycles. The van der Waals surface area contributed by atoms with E-state index in [1.165, 1.54) is 7.11 Å². The minimum Gasteiger partial charge on any atom is -0.495 e. The number of methoxy groups -OCH3 is 1. The van der Waals surface area contributed by atoms with E-state index in [9.17, 15) is 4.79 Å². The van der Waals surface area contributed by atoms with Crippen molar-refractivity contribution in [2.75, 3.05) is 24.8 Å². The number of ether oxygens (including phenoxy) is 1. The van der Waals surface area contributed by atoms with Gasteiger partial charge in [0.25, 0.3) is 0 Å². The van der Waals surface area contributed by atoms with Crippen LogP contribution in [0.2, 0.25) is 0 Å². The van der Waals surface area contributed by atoms with E-state index in [-0.39, 0.29) is 0 Å². The van der Waals surface area contributed by atoms with Crippen LogP contribution in [0.3, 0.4) is 0 Å². The van der Waals surface area contributed by atoms with Gasteiger partial charge in [-0.05, 0) is 18.2 Å². The van der Waals surface area contributed by atoms with Crippen LogP contribution in [0.15, 0.2) is 18.2 Å². The maximum atomic E-state index is 10.9. The van der Waals surface area contributed by atoms with Crippen LogP contribution >= 0.6 is 0 Å². The van der Waals surface area contributed by atoms with Crippen molar-refractivity contribution in [3.63, 3.8) is 0 Å². The average molecular weight is 196 g/mol. The number of amides is 1. The zero-order chi connectivity index (χ0) is 10.6. The summed E-state index contributed by atoms with van der Waals surface area (Å²) < 4.78 is 4.99. The van der Waals surface area contributed by atoms with E-state index in [0.717, 1.165) is 0 Å². The van der Waals surface area contributed by atoms with Crippen LogP contribution in [0.1, 0.15) is 0 Å². The molecule has 0 saturated heterocycles. The van der Waals surface area contributed by atoms with Gasteiger partial charge in [-0.2, -0.15) is 0 Å². The number of anilines is 2. The third-order valence-corrected chi connectivity index (χ3v) is 1.64. The standard InChI is InChI=1S/C9H12N2O3/c1-14-8-3-2-6(10)4-7(8)11-9(13)5-12/h2-4,12H,5,10H2,1H3,(H,11,13). The molecule has 1 aromatic rings. The molecule has 1 rings (SSSR count). The van der Waals surface area contributed by atoms with Gasteiger partial charge in [0, 0.05) is 5.69 Å². The molecule has 0 fully saturated rings. The van der Waals surface area contributed by atoms with E-state index in [2.05, 4.69) is 5.32 Å². The zero-order valence-electron chi connectivity index (χ0n) is 7.78. The van der Waals surface area contributed by atoms with E-state index in [1.807, 2.05) is 0 Å². The minimum absolute atomic E-state index is 0.451. The summed E-state index contributed by atoms with van der Waals surface area (Å²) in [5, 5.41) is 11.0. The number of nitrogen functional groups attached to an aromatic ring is 1. The SMILES string of the molecule is COc1ccc(N)cc1NC(=O)CO. The zero-order valence-corrected chi connectivity index (χ0v) is 7.78. The summed E-state index contributed by atoms with van der Waals surface area (Å²) in [7, 11) is 1.49. The van der Waals surface area contributed by atoms with Crippen molar-refractivity contribution in [2.24, 2.45) is 0 Å². The first-order valence-corrected chi connectivity index (χ1v) is 4.01. The van der Waals surface area contributed by atoms with Crippen LogP contribution in [-0.4, -0.2) is 24.7 Å². The lowest BCUT2D eigenvalue weighted by Gasteiger charge is -2.09. The van der Waals surface area contributed by atoms with Gasteiger partial charge in [-0.25, -0.2) is 0 Å². The lowest BCUT2D eigenvalue weighted by molar-refractivity contribution is -0.118. The van der Waals surface area contributed by atoms with E-state index >= 15 is 0 Å². The van der Waals surface area contributed by atoms with Crippen molar-refractivity contribution in [1.82, 2.24) is 0 Å². The number of carbonyl (C=O) groups is 1. The Hall–Kier alpha value is -1.75. The second-order valence-corrected chi connectivity index (χ2v) is 2.67. The average Bonchev–Trinajstić information content (AvgIpc) is 2.18. The lowest BCUT2D eigenvalue weighted by atomic mass is 10.2. The molecule has 5 heteroatoms.